The Kier molecular flexibility index (Phi) is 4.58. The summed E-state index contributed by atoms with van der Waals surface area (Å²) in [5, 5.41) is 20.3. The Labute approximate surface area is 84.9 Å². The standard InChI is InChI=1S/C10H18N2O2/c1-7(2)8(5-11)9(14)12-10(3,4)6-13/h7-8,13H,6H2,1-4H3,(H,12,14). The molecule has 0 aromatic heterocycles. The van der Waals surface area contributed by atoms with Crippen LogP contribution in [-0.2, 0) is 4.79 Å². The zero-order valence-corrected chi connectivity index (χ0v) is 9.16. The number of aliphatic hydroxyl groups is 1. The van der Waals surface area contributed by atoms with Crippen molar-refractivity contribution in [2.75, 3.05) is 6.61 Å². The molecule has 0 spiro atoms. The van der Waals surface area contributed by atoms with E-state index >= 15 is 0 Å². The monoisotopic (exact) mass is 198 g/mol. The Morgan fingerprint density at radius 2 is 2.07 bits per heavy atom. The molecule has 0 aromatic rings. The Hall–Kier alpha value is -1.08. The van der Waals surface area contributed by atoms with Crippen LogP contribution >= 0.6 is 0 Å². The van der Waals surface area contributed by atoms with Crippen LogP contribution < -0.4 is 5.32 Å². The van der Waals surface area contributed by atoms with Gasteiger partial charge in [0, 0.05) is 0 Å². The molecule has 0 heterocycles. The van der Waals surface area contributed by atoms with Gasteiger partial charge in [0.2, 0.25) is 5.91 Å². The molecule has 0 aliphatic rings. The molecule has 2 N–H and O–H groups in total. The molecule has 1 atom stereocenters. The van der Waals surface area contributed by atoms with Gasteiger partial charge in [-0.2, -0.15) is 5.26 Å². The zero-order valence-electron chi connectivity index (χ0n) is 9.16. The van der Waals surface area contributed by atoms with Crippen molar-refractivity contribution in [1.82, 2.24) is 5.32 Å². The van der Waals surface area contributed by atoms with Crippen molar-refractivity contribution in [3.05, 3.63) is 0 Å². The van der Waals surface area contributed by atoms with E-state index in [1.807, 2.05) is 19.9 Å². The van der Waals surface area contributed by atoms with Crippen LogP contribution in [0.15, 0.2) is 0 Å². The van der Waals surface area contributed by atoms with E-state index < -0.39 is 11.5 Å². The van der Waals surface area contributed by atoms with Crippen LogP contribution in [0.2, 0.25) is 0 Å². The summed E-state index contributed by atoms with van der Waals surface area (Å²) in [4.78, 5) is 11.5. The lowest BCUT2D eigenvalue weighted by molar-refractivity contribution is -0.126. The van der Waals surface area contributed by atoms with Gasteiger partial charge < -0.3 is 10.4 Å². The molecule has 0 saturated carbocycles. The number of nitrogens with zero attached hydrogens (tertiary/aromatic N) is 1. The van der Waals surface area contributed by atoms with Crippen LogP contribution in [0.4, 0.5) is 0 Å². The minimum atomic E-state index is -0.666. The molecule has 14 heavy (non-hydrogen) atoms. The number of amides is 1. The van der Waals surface area contributed by atoms with Gasteiger partial charge in [-0.25, -0.2) is 0 Å². The average molecular weight is 198 g/mol. The Bertz CT molecular complexity index is 241. The number of nitriles is 1. The van der Waals surface area contributed by atoms with Crippen molar-refractivity contribution in [1.29, 1.82) is 5.26 Å². The largest absolute Gasteiger partial charge is 0.394 e. The average Bonchev–Trinajstić information content (AvgIpc) is 2.03. The fraction of sp³-hybridized carbons (Fsp3) is 0.800. The maximum Gasteiger partial charge on any atom is 0.238 e. The van der Waals surface area contributed by atoms with Gasteiger partial charge in [-0.05, 0) is 19.8 Å². The Morgan fingerprint density at radius 1 is 1.57 bits per heavy atom. The van der Waals surface area contributed by atoms with Crippen LogP contribution in [0.25, 0.3) is 0 Å². The first kappa shape index (κ1) is 12.9. The molecule has 4 nitrogen and oxygen atoms in total. The van der Waals surface area contributed by atoms with Crippen molar-refractivity contribution in [3.63, 3.8) is 0 Å². The van der Waals surface area contributed by atoms with Crippen LogP contribution in [0.3, 0.4) is 0 Å². The van der Waals surface area contributed by atoms with E-state index in [4.69, 9.17) is 10.4 Å². The summed E-state index contributed by atoms with van der Waals surface area (Å²) in [7, 11) is 0. The molecule has 80 valence electrons. The molecule has 0 fully saturated rings. The van der Waals surface area contributed by atoms with Crippen molar-refractivity contribution in [3.8, 4) is 6.07 Å². The molecule has 0 bridgehead atoms. The highest BCUT2D eigenvalue weighted by atomic mass is 16.3. The molecule has 1 amide bonds. The molecule has 1 unspecified atom stereocenters. The number of carbonyl (C=O) groups is 1. The molecule has 0 rings (SSSR count). The number of hydrogen-bond acceptors (Lipinski definition) is 3. The highest BCUT2D eigenvalue weighted by Gasteiger charge is 2.27. The molecule has 0 aliphatic heterocycles. The van der Waals surface area contributed by atoms with E-state index in [1.165, 1.54) is 0 Å². The highest BCUT2D eigenvalue weighted by molar-refractivity contribution is 5.81. The molecular formula is C10H18N2O2. The number of hydrogen-bond donors (Lipinski definition) is 2. The van der Waals surface area contributed by atoms with Gasteiger partial charge in [0.05, 0.1) is 18.2 Å². The summed E-state index contributed by atoms with van der Waals surface area (Å²) in [5.74, 6) is -0.989. The lowest BCUT2D eigenvalue weighted by Gasteiger charge is -2.25. The third-order valence-electron chi connectivity index (χ3n) is 1.95. The van der Waals surface area contributed by atoms with Crippen molar-refractivity contribution >= 4 is 5.91 Å². The lowest BCUT2D eigenvalue weighted by Crippen LogP contribution is -2.49. The summed E-state index contributed by atoms with van der Waals surface area (Å²) >= 11 is 0. The van der Waals surface area contributed by atoms with Crippen LogP contribution in [0.5, 0.6) is 0 Å². The fourth-order valence-electron chi connectivity index (χ4n) is 0.961. The second-order valence-corrected chi connectivity index (χ2v) is 4.38. The minimum absolute atomic E-state index is 0.0190. The van der Waals surface area contributed by atoms with E-state index in [1.54, 1.807) is 13.8 Å². The fourth-order valence-corrected chi connectivity index (χ4v) is 0.961. The first-order chi connectivity index (χ1) is 6.34. The van der Waals surface area contributed by atoms with Crippen LogP contribution in [0.1, 0.15) is 27.7 Å². The lowest BCUT2D eigenvalue weighted by atomic mass is 9.95. The third kappa shape index (κ3) is 3.75. The normalized spacial score (nSPS) is 13.5. The van der Waals surface area contributed by atoms with Crippen molar-refractivity contribution in [2.24, 2.45) is 11.8 Å². The first-order valence-corrected chi connectivity index (χ1v) is 4.66. The number of aliphatic hydroxyl groups excluding tert-OH is 1. The SMILES string of the molecule is CC(C)C(C#N)C(=O)NC(C)(C)CO. The molecular weight excluding hydrogens is 180 g/mol. The van der Waals surface area contributed by atoms with Crippen LogP contribution in [-0.4, -0.2) is 23.2 Å². The van der Waals surface area contributed by atoms with Gasteiger partial charge in [0.15, 0.2) is 0 Å². The van der Waals surface area contributed by atoms with E-state index in [9.17, 15) is 4.79 Å². The Balaban J connectivity index is 4.42. The first-order valence-electron chi connectivity index (χ1n) is 4.66. The summed E-state index contributed by atoms with van der Waals surface area (Å²) in [6.07, 6.45) is 0. The van der Waals surface area contributed by atoms with Gasteiger partial charge in [0.25, 0.3) is 0 Å². The van der Waals surface area contributed by atoms with E-state index in [-0.39, 0.29) is 18.4 Å². The zero-order chi connectivity index (χ0) is 11.4. The molecule has 0 aromatic carbocycles. The second kappa shape index (κ2) is 4.97. The quantitative estimate of drug-likeness (QED) is 0.697. The van der Waals surface area contributed by atoms with Gasteiger partial charge >= 0.3 is 0 Å². The summed E-state index contributed by atoms with van der Waals surface area (Å²) in [5.41, 5.74) is -0.666. The smallest absolute Gasteiger partial charge is 0.238 e. The number of rotatable bonds is 4. The number of nitrogens with one attached hydrogen (secondary N) is 1. The van der Waals surface area contributed by atoms with E-state index in [0.717, 1.165) is 0 Å². The van der Waals surface area contributed by atoms with E-state index in [2.05, 4.69) is 5.32 Å². The molecule has 4 heteroatoms. The topological polar surface area (TPSA) is 73.1 Å². The third-order valence-corrected chi connectivity index (χ3v) is 1.95. The van der Waals surface area contributed by atoms with Gasteiger partial charge in [-0.1, -0.05) is 13.8 Å². The molecule has 0 saturated heterocycles. The van der Waals surface area contributed by atoms with Crippen molar-refractivity contribution in [2.45, 2.75) is 33.2 Å². The summed E-state index contributed by atoms with van der Waals surface area (Å²) in [6.45, 7) is 6.91. The van der Waals surface area contributed by atoms with Crippen molar-refractivity contribution < 1.29 is 9.90 Å². The molecule has 0 aliphatic carbocycles. The summed E-state index contributed by atoms with van der Waals surface area (Å²) < 4.78 is 0. The Morgan fingerprint density at radius 3 is 2.36 bits per heavy atom. The van der Waals surface area contributed by atoms with Gasteiger partial charge in [-0.3, -0.25) is 4.79 Å². The maximum atomic E-state index is 11.5. The molecule has 0 radical (unpaired) electrons. The second-order valence-electron chi connectivity index (χ2n) is 4.38. The maximum absolute atomic E-state index is 11.5. The van der Waals surface area contributed by atoms with Gasteiger partial charge in [-0.15, -0.1) is 0 Å². The van der Waals surface area contributed by atoms with E-state index in [0.29, 0.717) is 0 Å². The predicted octanol–water partition coefficient (Wildman–Crippen LogP) is 0.669. The predicted molar refractivity (Wildman–Crippen MR) is 53.2 cm³/mol. The summed E-state index contributed by atoms with van der Waals surface area (Å²) in [6, 6.07) is 1.95. The minimum Gasteiger partial charge on any atom is -0.394 e. The van der Waals surface area contributed by atoms with Gasteiger partial charge in [0.1, 0.15) is 5.92 Å². The highest BCUT2D eigenvalue weighted by Crippen LogP contribution is 2.11. The number of carbonyl (C=O) groups excluding carboxylic acids is 1. The van der Waals surface area contributed by atoms with Crippen LogP contribution in [0, 0.1) is 23.2 Å².